The molecule has 0 aliphatic carbocycles. The number of fused-ring (bicyclic) bond motifs is 3. The highest BCUT2D eigenvalue weighted by Gasteiger charge is 2.34. The van der Waals surface area contributed by atoms with Crippen LogP contribution in [0.2, 0.25) is 0 Å². The molecule has 0 bridgehead atoms. The summed E-state index contributed by atoms with van der Waals surface area (Å²) < 4.78 is 49.1. The molecule has 0 spiro atoms. The van der Waals surface area contributed by atoms with E-state index >= 15 is 13.2 Å². The Morgan fingerprint density at radius 2 is 0.723 bits per heavy atom. The van der Waals surface area contributed by atoms with E-state index in [1.54, 1.807) is 12.1 Å². The summed E-state index contributed by atoms with van der Waals surface area (Å²) in [5, 5.41) is 1.88. The average Bonchev–Trinajstić information content (AvgIpc) is 3.70. The molecule has 65 heavy (non-hydrogen) atoms. The Bertz CT molecular complexity index is 3240. The van der Waals surface area contributed by atoms with Gasteiger partial charge < -0.3 is 4.57 Å². The van der Waals surface area contributed by atoms with Crippen molar-refractivity contribution in [1.82, 2.24) is 24.5 Å². The van der Waals surface area contributed by atoms with Crippen LogP contribution >= 0.6 is 0 Å². The van der Waals surface area contributed by atoms with Crippen LogP contribution in [0.25, 0.3) is 106 Å². The second-order valence-electron chi connectivity index (χ2n) is 15.8. The van der Waals surface area contributed by atoms with Gasteiger partial charge >= 0.3 is 6.18 Å². The third-order valence-electron chi connectivity index (χ3n) is 11.6. The van der Waals surface area contributed by atoms with Gasteiger partial charge in [0.25, 0.3) is 0 Å². The van der Waals surface area contributed by atoms with Crippen molar-refractivity contribution in [3.05, 3.63) is 224 Å². The quantitative estimate of drug-likeness (QED) is 0.153. The Morgan fingerprint density at radius 1 is 0.323 bits per heavy atom. The van der Waals surface area contributed by atoms with Gasteiger partial charge in [0.05, 0.1) is 45.1 Å². The van der Waals surface area contributed by atoms with E-state index in [-0.39, 0.29) is 11.1 Å². The minimum absolute atomic E-state index is 0.252. The number of aromatic nitrogens is 5. The Labute approximate surface area is 372 Å². The lowest BCUT2D eigenvalue weighted by molar-refractivity contribution is -0.137. The molecule has 0 radical (unpaired) electrons. The minimum Gasteiger partial charge on any atom is -0.308 e. The Morgan fingerprint density at radius 3 is 1.20 bits per heavy atom. The van der Waals surface area contributed by atoms with Crippen LogP contribution in [0, 0.1) is 0 Å². The monoisotopic (exact) mass is 847 g/mol. The van der Waals surface area contributed by atoms with E-state index in [4.69, 9.17) is 19.9 Å². The molecule has 310 valence electrons. The van der Waals surface area contributed by atoms with Gasteiger partial charge in [0, 0.05) is 44.2 Å². The van der Waals surface area contributed by atoms with E-state index in [1.807, 2.05) is 158 Å². The van der Waals surface area contributed by atoms with Crippen LogP contribution in [0.4, 0.5) is 13.2 Å². The van der Waals surface area contributed by atoms with Gasteiger partial charge in [-0.05, 0) is 53.6 Å². The largest absolute Gasteiger partial charge is 0.416 e. The third-order valence-corrected chi connectivity index (χ3v) is 11.6. The molecule has 0 aliphatic rings. The number of halogens is 3. The van der Waals surface area contributed by atoms with Crippen molar-refractivity contribution in [1.29, 1.82) is 0 Å². The summed E-state index contributed by atoms with van der Waals surface area (Å²) in [7, 11) is 0. The van der Waals surface area contributed by atoms with Crippen LogP contribution in [0.15, 0.2) is 218 Å². The van der Waals surface area contributed by atoms with E-state index in [1.165, 1.54) is 12.1 Å². The first-order valence-corrected chi connectivity index (χ1v) is 21.2. The van der Waals surface area contributed by atoms with Gasteiger partial charge in [-0.25, -0.2) is 19.9 Å². The second-order valence-corrected chi connectivity index (χ2v) is 15.8. The van der Waals surface area contributed by atoms with Gasteiger partial charge in [-0.1, -0.05) is 176 Å². The van der Waals surface area contributed by atoms with E-state index in [0.29, 0.717) is 40.1 Å². The van der Waals surface area contributed by atoms with E-state index < -0.39 is 11.7 Å². The normalized spacial score (nSPS) is 11.6. The second kappa shape index (κ2) is 16.3. The van der Waals surface area contributed by atoms with E-state index in [0.717, 1.165) is 55.2 Å². The van der Waals surface area contributed by atoms with Crippen molar-refractivity contribution < 1.29 is 13.2 Å². The highest BCUT2D eigenvalue weighted by Crippen LogP contribution is 2.46. The van der Waals surface area contributed by atoms with Crippen molar-refractivity contribution in [3.8, 4) is 84.6 Å². The molecule has 0 unspecified atom stereocenters. The lowest BCUT2D eigenvalue weighted by Crippen LogP contribution is -2.10. The average molecular weight is 848 g/mol. The summed E-state index contributed by atoms with van der Waals surface area (Å²) in [6, 6.07) is 68.7. The molecule has 8 aromatic carbocycles. The lowest BCUT2D eigenvalue weighted by atomic mass is 9.95. The van der Waals surface area contributed by atoms with Crippen LogP contribution in [-0.2, 0) is 6.18 Å². The first-order valence-electron chi connectivity index (χ1n) is 21.2. The number of alkyl halides is 3. The van der Waals surface area contributed by atoms with Gasteiger partial charge in [-0.2, -0.15) is 13.2 Å². The minimum atomic E-state index is -4.75. The van der Waals surface area contributed by atoms with Crippen LogP contribution in [0.1, 0.15) is 5.56 Å². The zero-order valence-corrected chi connectivity index (χ0v) is 34.7. The molecular formula is C57H36F3N5. The maximum absolute atomic E-state index is 15.7. The molecular weight excluding hydrogens is 812 g/mol. The fourth-order valence-electron chi connectivity index (χ4n) is 8.57. The highest BCUT2D eigenvalue weighted by atomic mass is 19.4. The number of nitrogens with zero attached hydrogens (tertiary/aromatic N) is 5. The van der Waals surface area contributed by atoms with Gasteiger partial charge in [0.15, 0.2) is 11.6 Å². The molecule has 0 atom stereocenters. The standard InChI is InChI=1S/C57H36F3N5/c58-57(59,60)43-33-46(50-35-48(38-20-8-2-9-21-38)61-55(63-50)40-24-12-4-13-25-40)54(65-52-29-17-16-28-44(52)45-32-42(30-31-53(45)65)37-18-6-1-7-19-37)47(34-43)51-36-49(39-22-10-3-11-23-39)62-56(64-51)41-26-14-5-15-27-41/h1-36H. The molecule has 11 aromatic rings. The predicted molar refractivity (Wildman–Crippen MR) is 255 cm³/mol. The van der Waals surface area contributed by atoms with Crippen molar-refractivity contribution in [3.63, 3.8) is 0 Å². The van der Waals surface area contributed by atoms with Crippen LogP contribution in [-0.4, -0.2) is 24.5 Å². The third kappa shape index (κ3) is 7.51. The molecule has 0 N–H and O–H groups in total. The highest BCUT2D eigenvalue weighted by molar-refractivity contribution is 6.11. The fourth-order valence-corrected chi connectivity index (χ4v) is 8.57. The topological polar surface area (TPSA) is 56.5 Å². The van der Waals surface area contributed by atoms with Crippen LogP contribution in [0.3, 0.4) is 0 Å². The molecule has 0 amide bonds. The summed E-state index contributed by atoms with van der Waals surface area (Å²) in [6.07, 6.45) is -4.75. The maximum atomic E-state index is 15.7. The number of hydrogen-bond donors (Lipinski definition) is 0. The van der Waals surface area contributed by atoms with E-state index in [9.17, 15) is 0 Å². The smallest absolute Gasteiger partial charge is 0.308 e. The molecule has 3 aromatic heterocycles. The van der Waals surface area contributed by atoms with Gasteiger partial charge in [0.1, 0.15) is 0 Å². The van der Waals surface area contributed by atoms with E-state index in [2.05, 4.69) is 41.0 Å². The zero-order chi connectivity index (χ0) is 43.9. The molecule has 0 saturated carbocycles. The van der Waals surface area contributed by atoms with Crippen molar-refractivity contribution in [2.75, 3.05) is 0 Å². The summed E-state index contributed by atoms with van der Waals surface area (Å²) in [4.78, 5) is 20.3. The van der Waals surface area contributed by atoms with Crippen molar-refractivity contribution in [2.24, 2.45) is 0 Å². The lowest BCUT2D eigenvalue weighted by Gasteiger charge is -2.22. The molecule has 0 fully saturated rings. The summed E-state index contributed by atoms with van der Waals surface area (Å²) in [5.74, 6) is 0.753. The first kappa shape index (κ1) is 39.4. The molecule has 0 aliphatic heterocycles. The summed E-state index contributed by atoms with van der Waals surface area (Å²) in [5.41, 5.74) is 8.59. The Balaban J connectivity index is 1.30. The van der Waals surface area contributed by atoms with Crippen molar-refractivity contribution in [2.45, 2.75) is 6.18 Å². The number of para-hydroxylation sites is 1. The van der Waals surface area contributed by atoms with Crippen LogP contribution < -0.4 is 0 Å². The van der Waals surface area contributed by atoms with Gasteiger partial charge in [-0.3, -0.25) is 0 Å². The summed E-state index contributed by atoms with van der Waals surface area (Å²) >= 11 is 0. The molecule has 0 saturated heterocycles. The van der Waals surface area contributed by atoms with Gasteiger partial charge in [0.2, 0.25) is 0 Å². The van der Waals surface area contributed by atoms with Crippen LogP contribution in [0.5, 0.6) is 0 Å². The zero-order valence-electron chi connectivity index (χ0n) is 34.7. The molecule has 11 rings (SSSR count). The Kier molecular flexibility index (Phi) is 9.89. The van der Waals surface area contributed by atoms with Crippen molar-refractivity contribution >= 4 is 21.8 Å². The fraction of sp³-hybridized carbons (Fsp3) is 0.0175. The molecule has 3 heterocycles. The predicted octanol–water partition coefficient (Wildman–Crippen LogP) is 15.1. The van der Waals surface area contributed by atoms with Gasteiger partial charge in [-0.15, -0.1) is 0 Å². The Hall–Kier alpha value is -8.49. The SMILES string of the molecule is FC(F)(F)c1cc(-c2cc(-c3ccccc3)nc(-c3ccccc3)n2)c(-n2c3ccccc3c3cc(-c4ccccc4)ccc32)c(-c2cc(-c3ccccc3)nc(-c3ccccc3)n2)c1. The number of benzene rings is 8. The number of rotatable bonds is 8. The first-order chi connectivity index (χ1) is 31.9. The molecule has 5 nitrogen and oxygen atoms in total. The summed E-state index contributed by atoms with van der Waals surface area (Å²) in [6.45, 7) is 0. The molecule has 8 heteroatoms. The number of hydrogen-bond acceptors (Lipinski definition) is 4. The maximum Gasteiger partial charge on any atom is 0.416 e.